The molecule has 0 N–H and O–H groups in total. The lowest BCUT2D eigenvalue weighted by atomic mass is 10.1. The van der Waals surface area contributed by atoms with Gasteiger partial charge in [0.25, 0.3) is 0 Å². The molecule has 0 aliphatic heterocycles. The smallest absolute Gasteiger partial charge is 0.0790 e. The van der Waals surface area contributed by atoms with Crippen molar-refractivity contribution in [3.8, 4) is 0 Å². The molecule has 3 aliphatic rings. The first kappa shape index (κ1) is 17.0. The maximum absolute atomic E-state index is 2.65. The van der Waals surface area contributed by atoms with E-state index in [1.54, 1.807) is 0 Å². The third-order valence-corrected chi connectivity index (χ3v) is 12.9. The zero-order valence-corrected chi connectivity index (χ0v) is 17.6. The average molecular weight is 389 g/mol. The number of allylic oxidation sites excluding steroid dienone is 3. The van der Waals surface area contributed by atoms with E-state index in [1.807, 2.05) is 0 Å². The lowest BCUT2D eigenvalue weighted by molar-refractivity contribution is 0.958. The summed E-state index contributed by atoms with van der Waals surface area (Å²) in [6, 6.07) is 27.0. The Morgan fingerprint density at radius 1 is 0.483 bits per heavy atom. The van der Waals surface area contributed by atoms with Gasteiger partial charge in [0.2, 0.25) is 0 Å². The van der Waals surface area contributed by atoms with Crippen molar-refractivity contribution in [2.75, 3.05) is 0 Å². The normalized spacial score (nSPS) is 23.3. The monoisotopic (exact) mass is 388 g/mol. The summed E-state index contributed by atoms with van der Waals surface area (Å²) in [5.74, 6) is 0. The van der Waals surface area contributed by atoms with Crippen molar-refractivity contribution in [3.63, 3.8) is 0 Å². The zero-order chi connectivity index (χ0) is 19.4. The Morgan fingerprint density at radius 2 is 0.793 bits per heavy atom. The van der Waals surface area contributed by atoms with Crippen LogP contribution in [-0.2, 0) is 0 Å². The van der Waals surface area contributed by atoms with Crippen LogP contribution in [0.1, 0.15) is 50.0 Å². The molecule has 0 fully saturated rings. The molecule has 1 heteroatoms. The second kappa shape index (κ2) is 6.30. The first-order chi connectivity index (χ1) is 14.3. The molecule has 6 rings (SSSR count). The van der Waals surface area contributed by atoms with Gasteiger partial charge in [0, 0.05) is 0 Å². The van der Waals surface area contributed by atoms with Gasteiger partial charge in [-0.3, -0.25) is 0 Å². The Balaban J connectivity index is 1.57. The molecule has 140 valence electrons. The van der Waals surface area contributed by atoms with Gasteiger partial charge in [-0.15, -0.1) is 0 Å². The predicted molar refractivity (Wildman–Crippen MR) is 126 cm³/mol. The van der Waals surface area contributed by atoms with Gasteiger partial charge in [-0.1, -0.05) is 116 Å². The van der Waals surface area contributed by atoms with Crippen molar-refractivity contribution in [1.82, 2.24) is 0 Å². The van der Waals surface area contributed by atoms with E-state index < -0.39 is 8.07 Å². The van der Waals surface area contributed by atoms with Crippen LogP contribution in [0.2, 0.25) is 6.55 Å². The van der Waals surface area contributed by atoms with E-state index in [-0.39, 0.29) is 0 Å². The van der Waals surface area contributed by atoms with E-state index in [1.165, 1.54) is 33.4 Å². The lowest BCUT2D eigenvalue weighted by Gasteiger charge is -2.43. The summed E-state index contributed by atoms with van der Waals surface area (Å²) in [5.41, 5.74) is 10.3. The summed E-state index contributed by atoms with van der Waals surface area (Å²) in [4.78, 5) is 0. The minimum Gasteiger partial charge on any atom is -0.0790 e. The third-order valence-electron chi connectivity index (χ3n) is 7.41. The molecule has 3 aromatic rings. The molecule has 29 heavy (non-hydrogen) atoms. The van der Waals surface area contributed by atoms with Gasteiger partial charge < -0.3 is 0 Å². The summed E-state index contributed by atoms with van der Waals surface area (Å²) >= 11 is 0. The number of benzene rings is 3. The Kier molecular flexibility index (Phi) is 3.69. The van der Waals surface area contributed by atoms with Gasteiger partial charge in [0.1, 0.15) is 0 Å². The van der Waals surface area contributed by atoms with Gasteiger partial charge in [0.05, 0.1) is 8.07 Å². The first-order valence-electron chi connectivity index (χ1n) is 10.6. The van der Waals surface area contributed by atoms with E-state index >= 15 is 0 Å². The van der Waals surface area contributed by atoms with Crippen LogP contribution in [0.4, 0.5) is 0 Å². The quantitative estimate of drug-likeness (QED) is 0.419. The number of rotatable bonds is 3. The van der Waals surface area contributed by atoms with Gasteiger partial charge in [-0.05, 0) is 50.0 Å². The average Bonchev–Trinajstić information content (AvgIpc) is 3.49. The maximum Gasteiger partial charge on any atom is 0.0859 e. The number of hydrogen-bond acceptors (Lipinski definition) is 0. The van der Waals surface area contributed by atoms with Crippen LogP contribution in [0.15, 0.2) is 91.0 Å². The van der Waals surface area contributed by atoms with E-state index in [0.717, 1.165) is 0 Å². The summed E-state index contributed by atoms with van der Waals surface area (Å²) in [7, 11) is -1.96. The van der Waals surface area contributed by atoms with Crippen molar-refractivity contribution in [1.29, 1.82) is 0 Å². The van der Waals surface area contributed by atoms with E-state index in [9.17, 15) is 0 Å². The van der Waals surface area contributed by atoms with Gasteiger partial charge in [0.15, 0.2) is 0 Å². The third kappa shape index (κ3) is 2.37. The Labute approximate surface area is 173 Å². The van der Waals surface area contributed by atoms with Crippen LogP contribution in [0.25, 0.3) is 18.2 Å². The highest BCUT2D eigenvalue weighted by Gasteiger charge is 2.51. The molecule has 0 aromatic heterocycles. The highest BCUT2D eigenvalue weighted by Crippen LogP contribution is 2.54. The largest absolute Gasteiger partial charge is 0.0859 e. The van der Waals surface area contributed by atoms with E-state index in [0.29, 0.717) is 16.6 Å². The second-order valence-corrected chi connectivity index (χ2v) is 13.4. The fourth-order valence-corrected chi connectivity index (χ4v) is 11.4. The van der Waals surface area contributed by atoms with Crippen LogP contribution < -0.4 is 0 Å². The molecular weight excluding hydrogens is 364 g/mol. The number of hydrogen-bond donors (Lipinski definition) is 0. The highest BCUT2D eigenvalue weighted by molar-refractivity contribution is 6.84. The Morgan fingerprint density at radius 3 is 1.14 bits per heavy atom. The van der Waals surface area contributed by atoms with Crippen LogP contribution in [-0.4, -0.2) is 8.07 Å². The molecule has 0 radical (unpaired) electrons. The van der Waals surface area contributed by atoms with Crippen LogP contribution in [0.5, 0.6) is 0 Å². The van der Waals surface area contributed by atoms with Crippen molar-refractivity contribution >= 4 is 26.3 Å². The lowest BCUT2D eigenvalue weighted by Crippen LogP contribution is -2.48. The van der Waals surface area contributed by atoms with Crippen LogP contribution in [0, 0.1) is 0 Å². The van der Waals surface area contributed by atoms with Gasteiger partial charge in [-0.2, -0.15) is 0 Å². The van der Waals surface area contributed by atoms with Crippen LogP contribution in [0.3, 0.4) is 0 Å². The second-order valence-electron chi connectivity index (χ2n) is 8.76. The predicted octanol–water partition coefficient (Wildman–Crippen LogP) is 7.11. The van der Waals surface area contributed by atoms with Crippen molar-refractivity contribution < 1.29 is 0 Å². The standard InChI is InChI=1S/C28H24Si/c1-29(26-17-14-20-8-2-5-11-23(20)26,27-18-15-21-9-3-6-12-24(21)27)28-19-16-22-10-4-7-13-25(22)28/h2-19,26-28H,1H3/t26-,27-,28-/m1/s1. The fourth-order valence-electron chi connectivity index (χ4n) is 5.96. The first-order valence-corrected chi connectivity index (χ1v) is 13.3. The van der Waals surface area contributed by atoms with Crippen molar-refractivity contribution in [3.05, 3.63) is 124 Å². The molecule has 0 saturated carbocycles. The maximum atomic E-state index is 2.65. The molecule has 3 aromatic carbocycles. The molecule has 0 spiro atoms. The summed E-state index contributed by atoms with van der Waals surface area (Å²) in [6.45, 7) is 2.65. The molecule has 3 atom stereocenters. The summed E-state index contributed by atoms with van der Waals surface area (Å²) in [6.07, 6.45) is 14.6. The minimum absolute atomic E-state index is 0.514. The molecule has 0 saturated heterocycles. The fraction of sp³-hybridized carbons (Fsp3) is 0.143. The Hall–Kier alpha value is -2.90. The SMILES string of the molecule is C[Si]([C@@H]1C=Cc2ccccc21)([C@@H]1C=Cc2ccccc21)[C@@H]1C=Cc2ccccc21. The minimum atomic E-state index is -1.96. The van der Waals surface area contributed by atoms with Gasteiger partial charge >= 0.3 is 0 Å². The molecule has 3 aliphatic carbocycles. The zero-order valence-electron chi connectivity index (χ0n) is 16.6. The molecular formula is C28H24Si. The van der Waals surface area contributed by atoms with Gasteiger partial charge in [-0.25, -0.2) is 0 Å². The summed E-state index contributed by atoms with van der Waals surface area (Å²) < 4.78 is 0. The van der Waals surface area contributed by atoms with E-state index in [4.69, 9.17) is 0 Å². The molecule has 0 bridgehead atoms. The molecule has 0 amide bonds. The number of fused-ring (bicyclic) bond motifs is 3. The van der Waals surface area contributed by atoms with Crippen molar-refractivity contribution in [2.45, 2.75) is 23.2 Å². The Bertz CT molecular complexity index is 1050. The highest BCUT2D eigenvalue weighted by atomic mass is 28.3. The van der Waals surface area contributed by atoms with Crippen LogP contribution >= 0.6 is 0 Å². The molecule has 0 nitrogen and oxygen atoms in total. The van der Waals surface area contributed by atoms with E-state index in [2.05, 4.69) is 116 Å². The molecule has 0 unspecified atom stereocenters. The topological polar surface area (TPSA) is 0 Å². The van der Waals surface area contributed by atoms with Crippen molar-refractivity contribution in [2.24, 2.45) is 0 Å². The summed E-state index contributed by atoms with van der Waals surface area (Å²) in [5, 5.41) is 0. The molecule has 0 heterocycles.